The van der Waals surface area contributed by atoms with Crippen LogP contribution in [0.5, 0.6) is 5.75 Å². The zero-order valence-electron chi connectivity index (χ0n) is 15.8. The van der Waals surface area contributed by atoms with E-state index in [-0.39, 0.29) is 5.91 Å². The minimum atomic E-state index is -0.406. The summed E-state index contributed by atoms with van der Waals surface area (Å²) in [6, 6.07) is 7.98. The van der Waals surface area contributed by atoms with Gasteiger partial charge in [-0.1, -0.05) is 18.2 Å². The number of ether oxygens (including phenoxy) is 2. The maximum atomic E-state index is 13.1. The van der Waals surface area contributed by atoms with Crippen molar-refractivity contribution in [1.29, 1.82) is 0 Å². The molecule has 4 heterocycles. The van der Waals surface area contributed by atoms with Gasteiger partial charge in [-0.15, -0.1) is 0 Å². The summed E-state index contributed by atoms with van der Waals surface area (Å²) in [6.07, 6.45) is 3.59. The molecule has 0 radical (unpaired) electrons. The van der Waals surface area contributed by atoms with Gasteiger partial charge in [0.05, 0.1) is 25.5 Å². The smallest absolute Gasteiger partial charge is 0.264 e. The summed E-state index contributed by atoms with van der Waals surface area (Å²) in [5.41, 5.74) is 3.30. The van der Waals surface area contributed by atoms with E-state index in [2.05, 4.69) is 20.9 Å². The van der Waals surface area contributed by atoms with Gasteiger partial charge in [0, 0.05) is 25.2 Å². The Balaban J connectivity index is 1.31. The van der Waals surface area contributed by atoms with Crippen LogP contribution in [0.2, 0.25) is 0 Å². The Morgan fingerprint density at radius 3 is 2.82 bits per heavy atom. The highest BCUT2D eigenvalue weighted by Gasteiger charge is 2.33. The largest absolute Gasteiger partial charge is 0.480 e. The second kappa shape index (κ2) is 7.39. The first-order valence-corrected chi connectivity index (χ1v) is 9.98. The molecule has 3 aliphatic rings. The first-order valence-electron chi connectivity index (χ1n) is 9.98. The van der Waals surface area contributed by atoms with Crippen LogP contribution >= 0.6 is 0 Å². The van der Waals surface area contributed by atoms with Gasteiger partial charge in [0.25, 0.3) is 5.91 Å². The Kier molecular flexibility index (Phi) is 4.60. The topological polar surface area (TPSA) is 67.8 Å². The molecule has 1 amide bonds. The van der Waals surface area contributed by atoms with E-state index in [1.54, 1.807) is 6.33 Å². The SMILES string of the molecule is O=C([C@H]1CCc2ccccc2O1)N1CCc2c(ncnc2N2CCOCC2)C1. The van der Waals surface area contributed by atoms with Crippen molar-refractivity contribution in [2.24, 2.45) is 0 Å². The minimum Gasteiger partial charge on any atom is -0.480 e. The maximum Gasteiger partial charge on any atom is 0.264 e. The Bertz CT molecular complexity index is 882. The lowest BCUT2D eigenvalue weighted by Gasteiger charge is -2.35. The number of carbonyl (C=O) groups is 1. The average molecular weight is 380 g/mol. The number of fused-ring (bicyclic) bond motifs is 2. The second-order valence-corrected chi connectivity index (χ2v) is 7.48. The highest BCUT2D eigenvalue weighted by molar-refractivity contribution is 5.82. The number of para-hydroxylation sites is 1. The van der Waals surface area contributed by atoms with Gasteiger partial charge >= 0.3 is 0 Å². The van der Waals surface area contributed by atoms with Crippen molar-refractivity contribution in [2.45, 2.75) is 31.9 Å². The van der Waals surface area contributed by atoms with Crippen LogP contribution in [-0.4, -0.2) is 59.7 Å². The molecule has 1 atom stereocenters. The van der Waals surface area contributed by atoms with Gasteiger partial charge in [-0.2, -0.15) is 0 Å². The summed E-state index contributed by atoms with van der Waals surface area (Å²) in [4.78, 5) is 26.3. The van der Waals surface area contributed by atoms with Gasteiger partial charge in [0.15, 0.2) is 6.10 Å². The van der Waals surface area contributed by atoms with Crippen LogP contribution in [0.3, 0.4) is 0 Å². The molecule has 7 nitrogen and oxygen atoms in total. The molecule has 7 heteroatoms. The third kappa shape index (κ3) is 3.20. The van der Waals surface area contributed by atoms with E-state index in [4.69, 9.17) is 9.47 Å². The summed E-state index contributed by atoms with van der Waals surface area (Å²) in [5, 5.41) is 0. The van der Waals surface area contributed by atoms with Crippen LogP contribution in [0.15, 0.2) is 30.6 Å². The molecular weight excluding hydrogens is 356 g/mol. The normalized spacial score (nSPS) is 21.5. The number of benzene rings is 1. The fourth-order valence-corrected chi connectivity index (χ4v) is 4.27. The molecule has 1 aromatic heterocycles. The third-order valence-electron chi connectivity index (χ3n) is 5.80. The Morgan fingerprint density at radius 2 is 1.93 bits per heavy atom. The van der Waals surface area contributed by atoms with Crippen molar-refractivity contribution >= 4 is 11.7 Å². The number of aryl methyl sites for hydroxylation is 1. The Morgan fingerprint density at radius 1 is 1.07 bits per heavy atom. The van der Waals surface area contributed by atoms with Crippen LogP contribution in [0.4, 0.5) is 5.82 Å². The highest BCUT2D eigenvalue weighted by atomic mass is 16.5. The van der Waals surface area contributed by atoms with Gasteiger partial charge in [-0.3, -0.25) is 4.79 Å². The second-order valence-electron chi connectivity index (χ2n) is 7.48. The summed E-state index contributed by atoms with van der Waals surface area (Å²) in [7, 11) is 0. The zero-order chi connectivity index (χ0) is 18.9. The minimum absolute atomic E-state index is 0.0617. The highest BCUT2D eigenvalue weighted by Crippen LogP contribution is 2.30. The molecule has 0 unspecified atom stereocenters. The first-order chi connectivity index (χ1) is 13.8. The van der Waals surface area contributed by atoms with Crippen molar-refractivity contribution in [3.63, 3.8) is 0 Å². The number of nitrogens with zero attached hydrogens (tertiary/aromatic N) is 4. The fourth-order valence-electron chi connectivity index (χ4n) is 4.27. The van der Waals surface area contributed by atoms with E-state index in [0.717, 1.165) is 62.8 Å². The van der Waals surface area contributed by atoms with Gasteiger partial charge < -0.3 is 19.3 Å². The quantitative estimate of drug-likeness (QED) is 0.788. The summed E-state index contributed by atoms with van der Waals surface area (Å²) in [6.45, 7) is 4.35. The molecule has 0 spiro atoms. The van der Waals surface area contributed by atoms with Crippen LogP contribution < -0.4 is 9.64 Å². The molecule has 0 N–H and O–H groups in total. The van der Waals surface area contributed by atoms with E-state index in [0.29, 0.717) is 13.1 Å². The Hall–Kier alpha value is -2.67. The third-order valence-corrected chi connectivity index (χ3v) is 5.80. The van der Waals surface area contributed by atoms with Gasteiger partial charge in [0.2, 0.25) is 0 Å². The average Bonchev–Trinajstić information content (AvgIpc) is 2.78. The maximum absolute atomic E-state index is 13.1. The molecule has 1 fully saturated rings. The summed E-state index contributed by atoms with van der Waals surface area (Å²) >= 11 is 0. The lowest BCUT2D eigenvalue weighted by molar-refractivity contribution is -0.140. The summed E-state index contributed by atoms with van der Waals surface area (Å²) < 4.78 is 11.5. The van der Waals surface area contributed by atoms with Crippen molar-refractivity contribution in [3.8, 4) is 5.75 Å². The van der Waals surface area contributed by atoms with Crippen molar-refractivity contribution in [2.75, 3.05) is 37.7 Å². The number of hydrogen-bond donors (Lipinski definition) is 0. The molecule has 0 saturated carbocycles. The summed E-state index contributed by atoms with van der Waals surface area (Å²) in [5.74, 6) is 1.90. The monoisotopic (exact) mass is 380 g/mol. The number of carbonyl (C=O) groups excluding carboxylic acids is 1. The van der Waals surface area contributed by atoms with Gasteiger partial charge in [-0.05, 0) is 30.9 Å². The predicted molar refractivity (Wildman–Crippen MR) is 103 cm³/mol. The van der Waals surface area contributed by atoms with Gasteiger partial charge in [0.1, 0.15) is 17.9 Å². The van der Waals surface area contributed by atoms with Crippen LogP contribution in [0, 0.1) is 0 Å². The number of hydrogen-bond acceptors (Lipinski definition) is 6. The molecule has 3 aliphatic heterocycles. The Labute approximate surface area is 164 Å². The molecule has 146 valence electrons. The van der Waals surface area contributed by atoms with E-state index >= 15 is 0 Å². The number of rotatable bonds is 2. The van der Waals surface area contributed by atoms with Crippen molar-refractivity contribution in [3.05, 3.63) is 47.4 Å². The molecule has 2 aromatic rings. The molecule has 1 saturated heterocycles. The molecule has 5 rings (SSSR count). The molecule has 1 aromatic carbocycles. The number of anilines is 1. The van der Waals surface area contributed by atoms with Gasteiger partial charge in [-0.25, -0.2) is 9.97 Å². The molecule has 0 bridgehead atoms. The number of aromatic nitrogens is 2. The lowest BCUT2D eigenvalue weighted by atomic mass is 10.00. The van der Waals surface area contributed by atoms with Crippen molar-refractivity contribution < 1.29 is 14.3 Å². The van der Waals surface area contributed by atoms with E-state index in [9.17, 15) is 4.79 Å². The molecular formula is C21H24N4O3. The van der Waals surface area contributed by atoms with Crippen LogP contribution in [-0.2, 0) is 28.9 Å². The lowest BCUT2D eigenvalue weighted by Crippen LogP contribution is -2.46. The van der Waals surface area contributed by atoms with E-state index in [1.807, 2.05) is 23.1 Å². The standard InChI is InChI=1S/C21H24N4O3/c26-21(19-6-5-15-3-1-2-4-18(15)28-19)25-8-7-16-17(13-25)22-14-23-20(16)24-9-11-27-12-10-24/h1-4,14,19H,5-13H2/t19-/m1/s1. The first kappa shape index (κ1) is 17.4. The fraction of sp³-hybridized carbons (Fsp3) is 0.476. The van der Waals surface area contributed by atoms with Crippen molar-refractivity contribution in [1.82, 2.24) is 14.9 Å². The van der Waals surface area contributed by atoms with Crippen LogP contribution in [0.1, 0.15) is 23.2 Å². The molecule has 0 aliphatic carbocycles. The zero-order valence-corrected chi connectivity index (χ0v) is 15.8. The van der Waals surface area contributed by atoms with E-state index in [1.165, 1.54) is 11.1 Å². The number of morpholine rings is 1. The predicted octanol–water partition coefficient (Wildman–Crippen LogP) is 1.59. The number of amides is 1. The van der Waals surface area contributed by atoms with E-state index < -0.39 is 6.10 Å². The molecule has 28 heavy (non-hydrogen) atoms. The van der Waals surface area contributed by atoms with Crippen LogP contribution in [0.25, 0.3) is 0 Å².